The highest BCUT2D eigenvalue weighted by molar-refractivity contribution is 7.89. The van der Waals surface area contributed by atoms with E-state index in [2.05, 4.69) is 15.4 Å². The van der Waals surface area contributed by atoms with Gasteiger partial charge in [0.1, 0.15) is 12.7 Å². The third-order valence-electron chi connectivity index (χ3n) is 4.37. The maximum absolute atomic E-state index is 12.3. The molecule has 1 aliphatic rings. The summed E-state index contributed by atoms with van der Waals surface area (Å²) in [6, 6.07) is 5.83. The molecule has 0 bridgehead atoms. The van der Waals surface area contributed by atoms with E-state index in [1.807, 2.05) is 0 Å². The van der Waals surface area contributed by atoms with E-state index in [-0.39, 0.29) is 10.8 Å². The lowest BCUT2D eigenvalue weighted by atomic mass is 10.0. The number of hydrogen-bond donors (Lipinski definition) is 1. The van der Waals surface area contributed by atoms with Crippen LogP contribution >= 0.6 is 0 Å². The van der Waals surface area contributed by atoms with E-state index in [9.17, 15) is 13.2 Å². The van der Waals surface area contributed by atoms with Crippen molar-refractivity contribution >= 4 is 15.9 Å². The van der Waals surface area contributed by atoms with Gasteiger partial charge in [0.25, 0.3) is 15.9 Å². The van der Waals surface area contributed by atoms with Crippen LogP contribution in [0.2, 0.25) is 0 Å². The summed E-state index contributed by atoms with van der Waals surface area (Å²) in [6.07, 6.45) is 8.38. The topological polar surface area (TPSA) is 94.0 Å². The predicted molar refractivity (Wildman–Crippen MR) is 88.0 cm³/mol. The number of aromatic nitrogens is 3. The Morgan fingerprint density at radius 1 is 1.21 bits per heavy atom. The molecule has 0 radical (unpaired) electrons. The molecular formula is C16H20N4O3S. The van der Waals surface area contributed by atoms with Gasteiger partial charge in [-0.2, -0.15) is 8.42 Å². The number of carbonyl (C=O) groups excluding carboxylic acids is 1. The van der Waals surface area contributed by atoms with E-state index in [0.29, 0.717) is 12.1 Å². The van der Waals surface area contributed by atoms with Crippen molar-refractivity contribution in [1.82, 2.24) is 19.5 Å². The maximum atomic E-state index is 12.3. The third kappa shape index (κ3) is 3.64. The Kier molecular flexibility index (Phi) is 4.94. The number of rotatable bonds is 6. The van der Waals surface area contributed by atoms with Crippen molar-refractivity contribution in [3.8, 4) is 0 Å². The Bertz CT molecular complexity index is 779. The van der Waals surface area contributed by atoms with Crippen LogP contribution in [0.25, 0.3) is 0 Å². The molecule has 0 atom stereocenters. The van der Waals surface area contributed by atoms with Crippen LogP contribution in [-0.2, 0) is 10.0 Å². The maximum Gasteiger partial charge on any atom is 0.284 e. The highest BCUT2D eigenvalue weighted by Gasteiger charge is 2.18. The van der Waals surface area contributed by atoms with Crippen LogP contribution in [0, 0.1) is 5.92 Å². The summed E-state index contributed by atoms with van der Waals surface area (Å²) in [6.45, 7) is 0.655. The van der Waals surface area contributed by atoms with E-state index in [1.54, 1.807) is 0 Å². The van der Waals surface area contributed by atoms with E-state index < -0.39 is 10.0 Å². The molecular weight excluding hydrogens is 328 g/mol. The van der Waals surface area contributed by atoms with Gasteiger partial charge in [-0.05, 0) is 36.6 Å². The first kappa shape index (κ1) is 16.6. The lowest BCUT2D eigenvalue weighted by Crippen LogP contribution is -2.25. The Balaban J connectivity index is 1.60. The molecule has 0 aliphatic heterocycles. The lowest BCUT2D eigenvalue weighted by Gasteiger charge is -2.10. The van der Waals surface area contributed by atoms with Crippen LogP contribution in [0.3, 0.4) is 0 Å². The summed E-state index contributed by atoms with van der Waals surface area (Å²) < 4.78 is 25.3. The molecule has 1 heterocycles. The summed E-state index contributed by atoms with van der Waals surface area (Å²) in [5.74, 6) is 0.540. The van der Waals surface area contributed by atoms with Crippen molar-refractivity contribution in [2.75, 3.05) is 6.54 Å². The van der Waals surface area contributed by atoms with E-state index in [1.165, 1.54) is 49.9 Å². The standard InChI is InChI=1S/C16H20N4O3S/c21-16(18-10-9-13-3-1-2-4-13)14-5-7-15(8-6-14)24(22,23)20-12-17-11-19-20/h5-8,11-13H,1-4,9-10H2,(H,18,21). The molecule has 3 rings (SSSR count). The van der Waals surface area contributed by atoms with Gasteiger partial charge in [0.2, 0.25) is 0 Å². The van der Waals surface area contributed by atoms with Crippen molar-refractivity contribution in [3.05, 3.63) is 42.5 Å². The Hall–Kier alpha value is -2.22. The predicted octanol–water partition coefficient (Wildman–Crippen LogP) is 1.83. The van der Waals surface area contributed by atoms with Gasteiger partial charge in [0.05, 0.1) is 4.90 Å². The first-order valence-electron chi connectivity index (χ1n) is 8.06. The number of benzene rings is 1. The number of nitrogens with one attached hydrogen (secondary N) is 1. The van der Waals surface area contributed by atoms with Crippen LogP contribution in [0.15, 0.2) is 41.8 Å². The largest absolute Gasteiger partial charge is 0.352 e. The number of amides is 1. The monoisotopic (exact) mass is 348 g/mol. The zero-order valence-electron chi connectivity index (χ0n) is 13.3. The second-order valence-electron chi connectivity index (χ2n) is 5.99. The van der Waals surface area contributed by atoms with Crippen molar-refractivity contribution < 1.29 is 13.2 Å². The Morgan fingerprint density at radius 3 is 2.54 bits per heavy atom. The van der Waals surface area contributed by atoms with Crippen LogP contribution in [0.1, 0.15) is 42.5 Å². The third-order valence-corrected chi connectivity index (χ3v) is 5.92. The minimum absolute atomic E-state index is 0.0653. The molecule has 1 aliphatic carbocycles. The highest BCUT2D eigenvalue weighted by Crippen LogP contribution is 2.26. The van der Waals surface area contributed by atoms with Crippen LogP contribution < -0.4 is 5.32 Å². The van der Waals surface area contributed by atoms with Gasteiger partial charge in [-0.25, -0.2) is 4.98 Å². The molecule has 1 aromatic carbocycles. The molecule has 0 spiro atoms. The molecule has 24 heavy (non-hydrogen) atoms. The van der Waals surface area contributed by atoms with Crippen LogP contribution in [0.5, 0.6) is 0 Å². The van der Waals surface area contributed by atoms with Gasteiger partial charge in [-0.15, -0.1) is 9.19 Å². The molecule has 1 fully saturated rings. The zero-order chi connectivity index (χ0) is 17.0. The quantitative estimate of drug-likeness (QED) is 0.859. The SMILES string of the molecule is O=C(NCCC1CCCC1)c1ccc(S(=O)(=O)n2cncn2)cc1. The molecule has 1 saturated carbocycles. The second-order valence-corrected chi connectivity index (χ2v) is 7.79. The normalized spacial score (nSPS) is 15.5. The first-order chi connectivity index (χ1) is 11.6. The molecule has 7 nitrogen and oxygen atoms in total. The fraction of sp³-hybridized carbons (Fsp3) is 0.438. The zero-order valence-corrected chi connectivity index (χ0v) is 14.1. The van der Waals surface area contributed by atoms with Crippen molar-refractivity contribution in [2.45, 2.75) is 37.0 Å². The molecule has 0 unspecified atom stereocenters. The minimum Gasteiger partial charge on any atom is -0.352 e. The van der Waals surface area contributed by atoms with Crippen LogP contribution in [0.4, 0.5) is 0 Å². The fourth-order valence-electron chi connectivity index (χ4n) is 3.00. The fourth-order valence-corrected chi connectivity index (χ4v) is 4.04. The molecule has 0 saturated heterocycles. The Morgan fingerprint density at radius 2 is 1.92 bits per heavy atom. The van der Waals surface area contributed by atoms with Gasteiger partial charge in [-0.1, -0.05) is 25.7 Å². The smallest absolute Gasteiger partial charge is 0.284 e. The molecule has 1 amide bonds. The molecule has 1 N–H and O–H groups in total. The van der Waals surface area contributed by atoms with E-state index in [0.717, 1.165) is 29.1 Å². The molecule has 128 valence electrons. The minimum atomic E-state index is -3.75. The molecule has 8 heteroatoms. The summed E-state index contributed by atoms with van der Waals surface area (Å²) in [7, 11) is -3.75. The molecule has 1 aromatic heterocycles. The van der Waals surface area contributed by atoms with E-state index in [4.69, 9.17) is 0 Å². The number of carbonyl (C=O) groups is 1. The van der Waals surface area contributed by atoms with Crippen molar-refractivity contribution in [3.63, 3.8) is 0 Å². The average molecular weight is 348 g/mol. The Labute approximate surface area is 141 Å². The summed E-state index contributed by atoms with van der Waals surface area (Å²) in [5.41, 5.74) is 0.443. The highest BCUT2D eigenvalue weighted by atomic mass is 32.2. The van der Waals surface area contributed by atoms with Crippen LogP contribution in [-0.4, -0.2) is 35.0 Å². The summed E-state index contributed by atoms with van der Waals surface area (Å²) in [4.78, 5) is 15.8. The summed E-state index contributed by atoms with van der Waals surface area (Å²) >= 11 is 0. The van der Waals surface area contributed by atoms with Gasteiger partial charge < -0.3 is 5.32 Å². The summed E-state index contributed by atoms with van der Waals surface area (Å²) in [5, 5.41) is 6.53. The van der Waals surface area contributed by atoms with Gasteiger partial charge >= 0.3 is 0 Å². The first-order valence-corrected chi connectivity index (χ1v) is 9.50. The number of hydrogen-bond acceptors (Lipinski definition) is 5. The molecule has 2 aromatic rings. The number of nitrogens with zero attached hydrogens (tertiary/aromatic N) is 3. The van der Waals surface area contributed by atoms with Gasteiger partial charge in [0, 0.05) is 12.1 Å². The van der Waals surface area contributed by atoms with Crippen molar-refractivity contribution in [2.24, 2.45) is 5.92 Å². The second kappa shape index (κ2) is 7.12. The average Bonchev–Trinajstić information content (AvgIpc) is 3.29. The van der Waals surface area contributed by atoms with Gasteiger partial charge in [0.15, 0.2) is 0 Å². The lowest BCUT2D eigenvalue weighted by molar-refractivity contribution is 0.0951. The van der Waals surface area contributed by atoms with Crippen molar-refractivity contribution in [1.29, 1.82) is 0 Å². The van der Waals surface area contributed by atoms with E-state index >= 15 is 0 Å². The van der Waals surface area contributed by atoms with Gasteiger partial charge in [-0.3, -0.25) is 4.79 Å².